The highest BCUT2D eigenvalue weighted by molar-refractivity contribution is 5.85. The Morgan fingerprint density at radius 1 is 1.28 bits per heavy atom. The topological polar surface area (TPSA) is 93.4 Å². The summed E-state index contributed by atoms with van der Waals surface area (Å²) in [7, 11) is 0. The Morgan fingerprint density at radius 3 is 2.11 bits per heavy atom. The monoisotopic (exact) mass is 255 g/mol. The molecular weight excluding hydrogens is 234 g/mol. The Morgan fingerprint density at radius 2 is 1.78 bits per heavy atom. The molecule has 2 N–H and O–H groups in total. The maximum atomic E-state index is 12.1. The summed E-state index contributed by atoms with van der Waals surface area (Å²) >= 11 is 0. The van der Waals surface area contributed by atoms with Crippen molar-refractivity contribution < 1.29 is 14.7 Å². The number of carbonyl (C=O) groups excluding carboxylic acids is 1. The Balaban J connectivity index is 5.07. The SMILES string of the molecule is CC(C)(C)NC(=O)N(CCC#N)C(C)(C)C(=O)O. The number of hydrogen-bond donors (Lipinski definition) is 2. The summed E-state index contributed by atoms with van der Waals surface area (Å²) in [6, 6.07) is 1.43. The molecule has 0 saturated carbocycles. The Labute approximate surface area is 108 Å². The number of carbonyl (C=O) groups is 2. The van der Waals surface area contributed by atoms with Gasteiger partial charge in [0.05, 0.1) is 12.5 Å². The van der Waals surface area contributed by atoms with Crippen LogP contribution in [0.3, 0.4) is 0 Å². The zero-order chi connectivity index (χ0) is 14.6. The molecule has 0 fully saturated rings. The highest BCUT2D eigenvalue weighted by Gasteiger charge is 2.38. The first-order chi connectivity index (χ1) is 8.02. The minimum absolute atomic E-state index is 0.0811. The van der Waals surface area contributed by atoms with Crippen molar-refractivity contribution in [2.75, 3.05) is 6.54 Å². The summed E-state index contributed by atoms with van der Waals surface area (Å²) in [6.07, 6.45) is 0.0915. The first-order valence-corrected chi connectivity index (χ1v) is 5.72. The van der Waals surface area contributed by atoms with E-state index < -0.39 is 23.1 Å². The largest absolute Gasteiger partial charge is 0.480 e. The number of carboxylic acid groups (broad SMARTS) is 1. The van der Waals surface area contributed by atoms with E-state index in [1.54, 1.807) is 20.8 Å². The van der Waals surface area contributed by atoms with Crippen LogP contribution in [0, 0.1) is 11.3 Å². The number of nitriles is 1. The van der Waals surface area contributed by atoms with Crippen molar-refractivity contribution in [2.24, 2.45) is 0 Å². The lowest BCUT2D eigenvalue weighted by Crippen LogP contribution is -2.59. The van der Waals surface area contributed by atoms with Gasteiger partial charge in [-0.15, -0.1) is 0 Å². The number of carboxylic acids is 1. The highest BCUT2D eigenvalue weighted by Crippen LogP contribution is 2.16. The van der Waals surface area contributed by atoms with Gasteiger partial charge in [-0.1, -0.05) is 0 Å². The molecule has 0 spiro atoms. The molecule has 0 rings (SSSR count). The van der Waals surface area contributed by atoms with E-state index in [2.05, 4.69) is 5.32 Å². The van der Waals surface area contributed by atoms with Crippen LogP contribution in [0.4, 0.5) is 4.79 Å². The van der Waals surface area contributed by atoms with Crippen LogP contribution in [0.5, 0.6) is 0 Å². The highest BCUT2D eigenvalue weighted by atomic mass is 16.4. The van der Waals surface area contributed by atoms with Crippen LogP contribution in [0.1, 0.15) is 41.0 Å². The van der Waals surface area contributed by atoms with Gasteiger partial charge in [0.2, 0.25) is 0 Å². The Bertz CT molecular complexity index is 364. The predicted octanol–water partition coefficient (Wildman–Crippen LogP) is 1.57. The predicted molar refractivity (Wildman–Crippen MR) is 66.9 cm³/mol. The van der Waals surface area contributed by atoms with Gasteiger partial charge < -0.3 is 15.3 Å². The zero-order valence-electron chi connectivity index (χ0n) is 11.6. The number of nitrogens with one attached hydrogen (secondary N) is 1. The average molecular weight is 255 g/mol. The van der Waals surface area contributed by atoms with Crippen molar-refractivity contribution in [3.8, 4) is 6.07 Å². The van der Waals surface area contributed by atoms with Crippen molar-refractivity contribution in [3.05, 3.63) is 0 Å². The van der Waals surface area contributed by atoms with Crippen molar-refractivity contribution in [2.45, 2.75) is 52.1 Å². The third kappa shape index (κ3) is 4.62. The number of hydrogen-bond acceptors (Lipinski definition) is 3. The van der Waals surface area contributed by atoms with Crippen LogP contribution in [0.2, 0.25) is 0 Å². The fourth-order valence-corrected chi connectivity index (χ4v) is 1.30. The van der Waals surface area contributed by atoms with Gasteiger partial charge in [0.1, 0.15) is 5.54 Å². The lowest BCUT2D eigenvalue weighted by Gasteiger charge is -2.36. The van der Waals surface area contributed by atoms with Crippen molar-refractivity contribution in [1.29, 1.82) is 5.26 Å². The van der Waals surface area contributed by atoms with Gasteiger partial charge in [-0.3, -0.25) is 0 Å². The van der Waals surface area contributed by atoms with Gasteiger partial charge in [0.15, 0.2) is 0 Å². The zero-order valence-corrected chi connectivity index (χ0v) is 11.6. The van der Waals surface area contributed by atoms with Crippen molar-refractivity contribution >= 4 is 12.0 Å². The number of aliphatic carboxylic acids is 1. The summed E-state index contributed by atoms with van der Waals surface area (Å²) < 4.78 is 0. The number of amides is 2. The summed E-state index contributed by atoms with van der Waals surface area (Å²) in [4.78, 5) is 24.4. The van der Waals surface area contributed by atoms with Crippen LogP contribution in [0.15, 0.2) is 0 Å². The smallest absolute Gasteiger partial charge is 0.329 e. The second-order valence-corrected chi connectivity index (χ2v) is 5.60. The van der Waals surface area contributed by atoms with Gasteiger partial charge >= 0.3 is 12.0 Å². The molecule has 0 aliphatic carbocycles. The molecule has 0 aromatic heterocycles. The van der Waals surface area contributed by atoms with E-state index in [-0.39, 0.29) is 13.0 Å². The number of rotatable bonds is 4. The second kappa shape index (κ2) is 5.71. The normalized spacial score (nSPS) is 11.6. The maximum Gasteiger partial charge on any atom is 0.329 e. The van der Waals surface area contributed by atoms with E-state index in [9.17, 15) is 9.59 Å². The van der Waals surface area contributed by atoms with E-state index in [0.29, 0.717) is 0 Å². The molecule has 0 aliphatic heterocycles. The lowest BCUT2D eigenvalue weighted by atomic mass is 10.0. The van der Waals surface area contributed by atoms with Crippen LogP contribution in [-0.4, -0.2) is 39.6 Å². The summed E-state index contributed by atoms with van der Waals surface area (Å²) in [6.45, 7) is 8.38. The molecule has 6 nitrogen and oxygen atoms in total. The fourth-order valence-electron chi connectivity index (χ4n) is 1.30. The minimum atomic E-state index is -1.35. The van der Waals surface area contributed by atoms with Gasteiger partial charge in [0, 0.05) is 12.1 Å². The average Bonchev–Trinajstić information content (AvgIpc) is 2.14. The molecule has 0 aromatic carbocycles. The molecule has 6 heteroatoms. The number of nitrogens with zero attached hydrogens (tertiary/aromatic N) is 2. The quantitative estimate of drug-likeness (QED) is 0.797. The van der Waals surface area contributed by atoms with Gasteiger partial charge in [0.25, 0.3) is 0 Å². The van der Waals surface area contributed by atoms with Gasteiger partial charge in [-0.25, -0.2) is 9.59 Å². The molecule has 0 heterocycles. The molecule has 18 heavy (non-hydrogen) atoms. The first kappa shape index (κ1) is 16.2. The van der Waals surface area contributed by atoms with Gasteiger partial charge in [-0.05, 0) is 34.6 Å². The van der Waals surface area contributed by atoms with E-state index in [1.165, 1.54) is 18.7 Å². The molecular formula is C12H21N3O3. The summed E-state index contributed by atoms with van der Waals surface area (Å²) in [5, 5.41) is 20.4. The van der Waals surface area contributed by atoms with Crippen LogP contribution in [-0.2, 0) is 4.79 Å². The van der Waals surface area contributed by atoms with Crippen LogP contribution in [0.25, 0.3) is 0 Å². The summed E-state index contributed by atoms with van der Waals surface area (Å²) in [5.41, 5.74) is -1.82. The molecule has 0 bridgehead atoms. The molecule has 0 unspecified atom stereocenters. The Hall–Kier alpha value is -1.77. The first-order valence-electron chi connectivity index (χ1n) is 5.72. The van der Waals surface area contributed by atoms with Crippen LogP contribution < -0.4 is 5.32 Å². The maximum absolute atomic E-state index is 12.1. The minimum Gasteiger partial charge on any atom is -0.480 e. The van der Waals surface area contributed by atoms with E-state index >= 15 is 0 Å². The third-order valence-corrected chi connectivity index (χ3v) is 2.37. The lowest BCUT2D eigenvalue weighted by molar-refractivity contribution is -0.147. The second-order valence-electron chi connectivity index (χ2n) is 5.60. The standard InChI is InChI=1S/C12H21N3O3/c1-11(2,3)14-10(18)15(8-6-7-13)12(4,5)9(16)17/h6,8H2,1-5H3,(H,14,18)(H,16,17). The molecule has 0 radical (unpaired) electrons. The van der Waals surface area contributed by atoms with Gasteiger partial charge in [-0.2, -0.15) is 5.26 Å². The van der Waals surface area contributed by atoms with Crippen molar-refractivity contribution in [1.82, 2.24) is 10.2 Å². The molecule has 0 aromatic rings. The molecule has 0 saturated heterocycles. The molecule has 0 aliphatic rings. The fraction of sp³-hybridized carbons (Fsp3) is 0.750. The van der Waals surface area contributed by atoms with E-state index in [0.717, 1.165) is 0 Å². The summed E-state index contributed by atoms with van der Waals surface area (Å²) in [5.74, 6) is -1.11. The number of urea groups is 1. The molecule has 102 valence electrons. The molecule has 0 atom stereocenters. The Kier molecular flexibility index (Phi) is 5.15. The van der Waals surface area contributed by atoms with Crippen LogP contribution >= 0.6 is 0 Å². The third-order valence-electron chi connectivity index (χ3n) is 2.37. The van der Waals surface area contributed by atoms with E-state index in [4.69, 9.17) is 10.4 Å². The van der Waals surface area contributed by atoms with Crippen molar-refractivity contribution in [3.63, 3.8) is 0 Å². The molecule has 2 amide bonds. The van der Waals surface area contributed by atoms with E-state index in [1.807, 2.05) is 6.07 Å².